The molecule has 3 rings (SSSR count). The van der Waals surface area contributed by atoms with Gasteiger partial charge in [0, 0.05) is 24.2 Å². The second-order valence-corrected chi connectivity index (χ2v) is 4.86. The van der Waals surface area contributed by atoms with Gasteiger partial charge in [-0.25, -0.2) is 0 Å². The predicted octanol–water partition coefficient (Wildman–Crippen LogP) is 4.01. The number of nitrogens with zero attached hydrogens (tertiary/aromatic N) is 3. The molecule has 0 amide bonds. The standard InChI is InChI=1S/C16H12F3N3/c17-16(18,19)15-3-1-2-12(8-15)10-22-11-14(9-21-22)13-4-6-20-7-5-13/h1-9,11H,10H2. The van der Waals surface area contributed by atoms with Crippen molar-refractivity contribution in [2.45, 2.75) is 12.7 Å². The molecule has 0 saturated carbocycles. The van der Waals surface area contributed by atoms with E-state index in [1.807, 2.05) is 12.1 Å². The Balaban J connectivity index is 1.81. The molecule has 0 aliphatic rings. The molecule has 0 unspecified atom stereocenters. The highest BCUT2D eigenvalue weighted by Crippen LogP contribution is 2.29. The van der Waals surface area contributed by atoms with E-state index in [0.717, 1.165) is 23.3 Å². The minimum atomic E-state index is -4.33. The lowest BCUT2D eigenvalue weighted by molar-refractivity contribution is -0.137. The van der Waals surface area contributed by atoms with Crippen molar-refractivity contribution in [1.29, 1.82) is 0 Å². The molecular weight excluding hydrogens is 291 g/mol. The number of pyridine rings is 1. The molecule has 0 fully saturated rings. The van der Waals surface area contributed by atoms with E-state index in [0.29, 0.717) is 5.56 Å². The normalized spacial score (nSPS) is 11.6. The van der Waals surface area contributed by atoms with Gasteiger partial charge >= 0.3 is 6.18 Å². The van der Waals surface area contributed by atoms with Gasteiger partial charge in [0.05, 0.1) is 18.3 Å². The summed E-state index contributed by atoms with van der Waals surface area (Å²) in [7, 11) is 0. The summed E-state index contributed by atoms with van der Waals surface area (Å²) in [4.78, 5) is 3.94. The van der Waals surface area contributed by atoms with Crippen LogP contribution in [0.4, 0.5) is 13.2 Å². The highest BCUT2D eigenvalue weighted by atomic mass is 19.4. The molecular formula is C16H12F3N3. The van der Waals surface area contributed by atoms with E-state index in [1.54, 1.807) is 35.5 Å². The first-order valence-corrected chi connectivity index (χ1v) is 6.61. The molecule has 0 saturated heterocycles. The van der Waals surface area contributed by atoms with Crippen molar-refractivity contribution in [3.05, 3.63) is 72.3 Å². The van der Waals surface area contributed by atoms with E-state index in [-0.39, 0.29) is 6.54 Å². The van der Waals surface area contributed by atoms with Crippen LogP contribution >= 0.6 is 0 Å². The molecule has 0 spiro atoms. The molecule has 0 aliphatic heterocycles. The van der Waals surface area contributed by atoms with Crippen molar-refractivity contribution < 1.29 is 13.2 Å². The summed E-state index contributed by atoms with van der Waals surface area (Å²) in [5.74, 6) is 0. The predicted molar refractivity (Wildman–Crippen MR) is 76.0 cm³/mol. The Morgan fingerprint density at radius 1 is 1.00 bits per heavy atom. The smallest absolute Gasteiger partial charge is 0.268 e. The SMILES string of the molecule is FC(F)(F)c1cccc(Cn2cc(-c3ccncc3)cn2)c1. The maximum atomic E-state index is 12.7. The monoisotopic (exact) mass is 303 g/mol. The molecule has 3 aromatic rings. The lowest BCUT2D eigenvalue weighted by Gasteiger charge is -2.08. The fourth-order valence-corrected chi connectivity index (χ4v) is 2.18. The minimum absolute atomic E-state index is 0.287. The van der Waals surface area contributed by atoms with Crippen LogP contribution < -0.4 is 0 Å². The number of rotatable bonds is 3. The van der Waals surface area contributed by atoms with Crippen molar-refractivity contribution in [2.75, 3.05) is 0 Å². The quantitative estimate of drug-likeness (QED) is 0.732. The van der Waals surface area contributed by atoms with Crippen LogP contribution in [0.1, 0.15) is 11.1 Å². The Hall–Kier alpha value is -2.63. The molecule has 0 radical (unpaired) electrons. The van der Waals surface area contributed by atoms with E-state index in [9.17, 15) is 13.2 Å². The number of benzene rings is 1. The average molecular weight is 303 g/mol. The molecule has 2 aromatic heterocycles. The van der Waals surface area contributed by atoms with Gasteiger partial charge in [0.2, 0.25) is 0 Å². The molecule has 6 heteroatoms. The summed E-state index contributed by atoms with van der Waals surface area (Å²) in [6.45, 7) is 0.287. The Morgan fingerprint density at radius 2 is 1.77 bits per heavy atom. The third-order valence-electron chi connectivity index (χ3n) is 3.25. The number of hydrogen-bond donors (Lipinski definition) is 0. The van der Waals surface area contributed by atoms with Gasteiger partial charge in [-0.1, -0.05) is 12.1 Å². The van der Waals surface area contributed by atoms with Crippen molar-refractivity contribution in [3.63, 3.8) is 0 Å². The number of hydrogen-bond acceptors (Lipinski definition) is 2. The zero-order valence-electron chi connectivity index (χ0n) is 11.5. The van der Waals surface area contributed by atoms with Gasteiger partial charge < -0.3 is 0 Å². The van der Waals surface area contributed by atoms with Gasteiger partial charge in [-0.05, 0) is 35.4 Å². The van der Waals surface area contributed by atoms with Crippen LogP contribution in [-0.4, -0.2) is 14.8 Å². The Morgan fingerprint density at radius 3 is 2.50 bits per heavy atom. The summed E-state index contributed by atoms with van der Waals surface area (Å²) in [6.07, 6.45) is 2.51. The molecule has 0 atom stereocenters. The largest absolute Gasteiger partial charge is 0.416 e. The molecule has 2 heterocycles. The maximum Gasteiger partial charge on any atom is 0.416 e. The molecule has 22 heavy (non-hydrogen) atoms. The third kappa shape index (κ3) is 3.16. The Kier molecular flexibility index (Phi) is 3.66. The molecule has 0 aliphatic carbocycles. The van der Waals surface area contributed by atoms with Crippen LogP contribution in [-0.2, 0) is 12.7 Å². The molecule has 112 valence electrons. The van der Waals surface area contributed by atoms with Crippen molar-refractivity contribution >= 4 is 0 Å². The zero-order chi connectivity index (χ0) is 15.6. The van der Waals surface area contributed by atoms with E-state index in [2.05, 4.69) is 10.1 Å². The van der Waals surface area contributed by atoms with E-state index in [4.69, 9.17) is 0 Å². The lowest BCUT2D eigenvalue weighted by atomic mass is 10.1. The maximum absolute atomic E-state index is 12.7. The topological polar surface area (TPSA) is 30.7 Å². The molecule has 3 nitrogen and oxygen atoms in total. The number of alkyl halides is 3. The van der Waals surface area contributed by atoms with Gasteiger partial charge in [-0.2, -0.15) is 18.3 Å². The molecule has 0 N–H and O–H groups in total. The highest BCUT2D eigenvalue weighted by Gasteiger charge is 2.30. The van der Waals surface area contributed by atoms with E-state index < -0.39 is 11.7 Å². The van der Waals surface area contributed by atoms with Crippen LogP contribution in [0.15, 0.2) is 61.2 Å². The van der Waals surface area contributed by atoms with Gasteiger partial charge in [0.1, 0.15) is 0 Å². The summed E-state index contributed by atoms with van der Waals surface area (Å²) < 4.78 is 39.7. The average Bonchev–Trinajstić information content (AvgIpc) is 2.96. The van der Waals surface area contributed by atoms with Gasteiger partial charge in [-0.3, -0.25) is 9.67 Å². The Bertz CT molecular complexity index is 764. The van der Waals surface area contributed by atoms with Gasteiger partial charge in [0.25, 0.3) is 0 Å². The van der Waals surface area contributed by atoms with Crippen molar-refractivity contribution in [1.82, 2.24) is 14.8 Å². The van der Waals surface area contributed by atoms with Crippen LogP contribution in [0, 0.1) is 0 Å². The number of halogens is 3. The lowest BCUT2D eigenvalue weighted by Crippen LogP contribution is -2.07. The van der Waals surface area contributed by atoms with E-state index >= 15 is 0 Å². The first-order valence-electron chi connectivity index (χ1n) is 6.61. The summed E-state index contributed by atoms with van der Waals surface area (Å²) in [6, 6.07) is 8.98. The summed E-state index contributed by atoms with van der Waals surface area (Å²) in [5.41, 5.74) is 1.77. The van der Waals surface area contributed by atoms with Crippen LogP contribution in [0.25, 0.3) is 11.1 Å². The summed E-state index contributed by atoms with van der Waals surface area (Å²) in [5, 5.41) is 4.19. The fraction of sp³-hybridized carbons (Fsp3) is 0.125. The van der Waals surface area contributed by atoms with Crippen LogP contribution in [0.2, 0.25) is 0 Å². The molecule has 0 bridgehead atoms. The molecule has 1 aromatic carbocycles. The zero-order valence-corrected chi connectivity index (χ0v) is 11.5. The Labute approximate surface area is 125 Å². The number of aromatic nitrogens is 3. The second-order valence-electron chi connectivity index (χ2n) is 4.86. The third-order valence-corrected chi connectivity index (χ3v) is 3.25. The van der Waals surface area contributed by atoms with Gasteiger partial charge in [0.15, 0.2) is 0 Å². The van der Waals surface area contributed by atoms with Gasteiger partial charge in [-0.15, -0.1) is 0 Å². The fourth-order valence-electron chi connectivity index (χ4n) is 2.18. The van der Waals surface area contributed by atoms with Crippen LogP contribution in [0.3, 0.4) is 0 Å². The second kappa shape index (κ2) is 5.63. The summed E-state index contributed by atoms with van der Waals surface area (Å²) >= 11 is 0. The first-order chi connectivity index (χ1) is 10.5. The van der Waals surface area contributed by atoms with E-state index in [1.165, 1.54) is 6.07 Å². The van der Waals surface area contributed by atoms with Crippen molar-refractivity contribution in [3.8, 4) is 11.1 Å². The first kappa shape index (κ1) is 14.3. The van der Waals surface area contributed by atoms with Crippen molar-refractivity contribution in [2.24, 2.45) is 0 Å². The van der Waals surface area contributed by atoms with Crippen LogP contribution in [0.5, 0.6) is 0 Å². The highest BCUT2D eigenvalue weighted by molar-refractivity contribution is 5.60. The minimum Gasteiger partial charge on any atom is -0.268 e.